The van der Waals surface area contributed by atoms with Crippen LogP contribution in [0, 0.1) is 0 Å². The lowest BCUT2D eigenvalue weighted by atomic mass is 10.2. The Morgan fingerprint density at radius 3 is 2.82 bits per heavy atom. The second-order valence-electron chi connectivity index (χ2n) is 3.84. The fraction of sp³-hybridized carbons (Fsp3) is 0.250. The minimum atomic E-state index is -3.24. The Labute approximate surface area is 101 Å². The van der Waals surface area contributed by atoms with Crippen LogP contribution < -0.4 is 4.72 Å². The number of hydrogen-bond donors (Lipinski definition) is 1. The maximum absolute atomic E-state index is 11.6. The van der Waals surface area contributed by atoms with Gasteiger partial charge in [0.05, 0.1) is 23.2 Å². The molecule has 0 radical (unpaired) electrons. The molecule has 0 saturated heterocycles. The molecule has 1 aromatic heterocycles. The van der Waals surface area contributed by atoms with Gasteiger partial charge in [-0.15, -0.1) is 0 Å². The molecule has 1 N–H and O–H groups in total. The molecular formula is C12H14N2O2S. The van der Waals surface area contributed by atoms with Crippen molar-refractivity contribution in [3.05, 3.63) is 36.5 Å². The van der Waals surface area contributed by atoms with Gasteiger partial charge in [0, 0.05) is 5.39 Å². The van der Waals surface area contributed by atoms with Crippen LogP contribution in [-0.2, 0) is 10.0 Å². The summed E-state index contributed by atoms with van der Waals surface area (Å²) in [5.74, 6) is 0.125. The van der Waals surface area contributed by atoms with E-state index in [0.29, 0.717) is 12.1 Å². The van der Waals surface area contributed by atoms with Crippen molar-refractivity contribution in [1.29, 1.82) is 0 Å². The summed E-state index contributed by atoms with van der Waals surface area (Å²) in [6.07, 6.45) is 2.13. The first kappa shape index (κ1) is 11.9. The van der Waals surface area contributed by atoms with E-state index in [1.165, 1.54) is 6.20 Å². The van der Waals surface area contributed by atoms with Crippen LogP contribution in [0.15, 0.2) is 36.5 Å². The SMILES string of the molecule is CCCS(=O)(=O)Nc1cnc2ccccc2c1. The van der Waals surface area contributed by atoms with Gasteiger partial charge in [-0.3, -0.25) is 9.71 Å². The summed E-state index contributed by atoms with van der Waals surface area (Å²) in [7, 11) is -3.24. The largest absolute Gasteiger partial charge is 0.282 e. The quantitative estimate of drug-likeness (QED) is 0.906. The third kappa shape index (κ3) is 2.94. The minimum Gasteiger partial charge on any atom is -0.282 e. The Morgan fingerprint density at radius 1 is 1.29 bits per heavy atom. The molecule has 0 atom stereocenters. The number of nitrogens with one attached hydrogen (secondary N) is 1. The fourth-order valence-electron chi connectivity index (χ4n) is 1.63. The van der Waals surface area contributed by atoms with Crippen molar-refractivity contribution in [1.82, 2.24) is 4.98 Å². The van der Waals surface area contributed by atoms with Crippen LogP contribution in [0.1, 0.15) is 13.3 Å². The molecule has 1 aromatic carbocycles. The lowest BCUT2D eigenvalue weighted by Gasteiger charge is -2.07. The third-order valence-corrected chi connectivity index (χ3v) is 3.83. The van der Waals surface area contributed by atoms with Gasteiger partial charge in [0.15, 0.2) is 0 Å². The lowest BCUT2D eigenvalue weighted by molar-refractivity contribution is 0.600. The van der Waals surface area contributed by atoms with Crippen molar-refractivity contribution in [3.8, 4) is 0 Å². The number of para-hydroxylation sites is 1. The van der Waals surface area contributed by atoms with Gasteiger partial charge in [-0.2, -0.15) is 0 Å². The average Bonchev–Trinajstić information content (AvgIpc) is 2.28. The van der Waals surface area contributed by atoms with Gasteiger partial charge in [-0.1, -0.05) is 25.1 Å². The topological polar surface area (TPSA) is 59.1 Å². The highest BCUT2D eigenvalue weighted by atomic mass is 32.2. The molecule has 2 rings (SSSR count). The summed E-state index contributed by atoms with van der Waals surface area (Å²) in [5.41, 5.74) is 1.36. The zero-order valence-electron chi connectivity index (χ0n) is 9.55. The molecule has 0 amide bonds. The third-order valence-electron chi connectivity index (χ3n) is 2.34. The molecule has 4 nitrogen and oxygen atoms in total. The van der Waals surface area contributed by atoms with Crippen LogP contribution in [0.2, 0.25) is 0 Å². The van der Waals surface area contributed by atoms with Gasteiger partial charge < -0.3 is 0 Å². The second kappa shape index (κ2) is 4.71. The van der Waals surface area contributed by atoms with Gasteiger partial charge in [0.2, 0.25) is 10.0 Å². The summed E-state index contributed by atoms with van der Waals surface area (Å²) in [5, 5.41) is 0.921. The number of benzene rings is 1. The maximum atomic E-state index is 11.6. The van der Waals surface area contributed by atoms with E-state index >= 15 is 0 Å². The summed E-state index contributed by atoms with van der Waals surface area (Å²) < 4.78 is 25.7. The van der Waals surface area contributed by atoms with Crippen LogP contribution >= 0.6 is 0 Å². The minimum absolute atomic E-state index is 0.125. The highest BCUT2D eigenvalue weighted by molar-refractivity contribution is 7.92. The molecule has 0 aliphatic heterocycles. The number of sulfonamides is 1. The second-order valence-corrected chi connectivity index (χ2v) is 5.68. The Kier molecular flexibility index (Phi) is 3.28. The van der Waals surface area contributed by atoms with Crippen molar-refractivity contribution in [2.24, 2.45) is 0 Å². The van der Waals surface area contributed by atoms with Crippen LogP contribution in [0.25, 0.3) is 10.9 Å². The normalized spacial score (nSPS) is 11.6. The highest BCUT2D eigenvalue weighted by Gasteiger charge is 2.09. The number of fused-ring (bicyclic) bond motifs is 1. The van der Waals surface area contributed by atoms with E-state index in [0.717, 1.165) is 10.9 Å². The number of rotatable bonds is 4. The number of anilines is 1. The molecule has 0 aliphatic carbocycles. The molecule has 2 aromatic rings. The van der Waals surface area contributed by atoms with Crippen molar-refractivity contribution in [2.75, 3.05) is 10.5 Å². The van der Waals surface area contributed by atoms with E-state index in [1.807, 2.05) is 31.2 Å². The van der Waals surface area contributed by atoms with Crippen molar-refractivity contribution >= 4 is 26.6 Å². The summed E-state index contributed by atoms with van der Waals surface area (Å²) >= 11 is 0. The van der Waals surface area contributed by atoms with E-state index in [4.69, 9.17) is 0 Å². The maximum Gasteiger partial charge on any atom is 0.232 e. The molecule has 1 heterocycles. The number of hydrogen-bond acceptors (Lipinski definition) is 3. The molecule has 17 heavy (non-hydrogen) atoms. The van der Waals surface area contributed by atoms with E-state index in [2.05, 4.69) is 9.71 Å². The standard InChI is InChI=1S/C12H14N2O2S/c1-2-7-17(15,16)14-11-8-10-5-3-4-6-12(10)13-9-11/h3-6,8-9,14H,2,7H2,1H3. The zero-order valence-corrected chi connectivity index (χ0v) is 10.4. The first-order valence-corrected chi connectivity index (χ1v) is 7.11. The van der Waals surface area contributed by atoms with Gasteiger partial charge in [-0.05, 0) is 18.6 Å². The van der Waals surface area contributed by atoms with Crippen LogP contribution in [-0.4, -0.2) is 19.2 Å². The van der Waals surface area contributed by atoms with Gasteiger partial charge >= 0.3 is 0 Å². The predicted octanol–water partition coefficient (Wildman–Crippen LogP) is 2.39. The first-order chi connectivity index (χ1) is 8.11. The number of pyridine rings is 1. The summed E-state index contributed by atoms with van der Waals surface area (Å²) in [6.45, 7) is 1.83. The summed E-state index contributed by atoms with van der Waals surface area (Å²) in [6, 6.07) is 9.37. The van der Waals surface area contributed by atoms with Crippen molar-refractivity contribution in [3.63, 3.8) is 0 Å². The molecule has 0 unspecified atom stereocenters. The number of aromatic nitrogens is 1. The smallest absolute Gasteiger partial charge is 0.232 e. The van der Waals surface area contributed by atoms with E-state index < -0.39 is 10.0 Å². The molecule has 0 fully saturated rings. The van der Waals surface area contributed by atoms with Gasteiger partial charge in [0.1, 0.15) is 0 Å². The zero-order chi connectivity index (χ0) is 12.3. The average molecular weight is 250 g/mol. The highest BCUT2D eigenvalue weighted by Crippen LogP contribution is 2.17. The van der Waals surface area contributed by atoms with E-state index in [-0.39, 0.29) is 5.75 Å². The molecule has 0 aliphatic rings. The molecular weight excluding hydrogens is 236 g/mol. The predicted molar refractivity (Wildman–Crippen MR) is 69.4 cm³/mol. The Morgan fingerprint density at radius 2 is 2.06 bits per heavy atom. The summed E-state index contributed by atoms with van der Waals surface area (Å²) in [4.78, 5) is 4.20. The lowest BCUT2D eigenvalue weighted by Crippen LogP contribution is -2.16. The molecule has 5 heteroatoms. The Bertz CT molecular complexity index is 623. The van der Waals surface area contributed by atoms with E-state index in [1.54, 1.807) is 6.07 Å². The van der Waals surface area contributed by atoms with Crippen LogP contribution in [0.4, 0.5) is 5.69 Å². The Balaban J connectivity index is 2.31. The van der Waals surface area contributed by atoms with Crippen LogP contribution in [0.5, 0.6) is 0 Å². The molecule has 0 saturated carbocycles. The van der Waals surface area contributed by atoms with Crippen molar-refractivity contribution in [2.45, 2.75) is 13.3 Å². The van der Waals surface area contributed by atoms with Crippen LogP contribution in [0.3, 0.4) is 0 Å². The number of nitrogens with zero attached hydrogens (tertiary/aromatic N) is 1. The molecule has 0 bridgehead atoms. The van der Waals surface area contributed by atoms with Crippen molar-refractivity contribution < 1.29 is 8.42 Å². The molecule has 90 valence electrons. The molecule has 0 spiro atoms. The fourth-order valence-corrected chi connectivity index (χ4v) is 2.74. The van der Waals surface area contributed by atoms with Gasteiger partial charge in [-0.25, -0.2) is 8.42 Å². The van der Waals surface area contributed by atoms with E-state index in [9.17, 15) is 8.42 Å². The monoisotopic (exact) mass is 250 g/mol. The first-order valence-electron chi connectivity index (χ1n) is 5.46. The Hall–Kier alpha value is -1.62. The van der Waals surface area contributed by atoms with Gasteiger partial charge in [0.25, 0.3) is 0 Å².